The predicted molar refractivity (Wildman–Crippen MR) is 78.0 cm³/mol. The van der Waals surface area contributed by atoms with E-state index in [1.54, 1.807) is 6.07 Å². The fourth-order valence-electron chi connectivity index (χ4n) is 1.87. The average molecular weight is 256 g/mol. The first-order valence-corrected chi connectivity index (χ1v) is 6.71. The Morgan fingerprint density at radius 3 is 2.58 bits per heavy atom. The summed E-state index contributed by atoms with van der Waals surface area (Å²) in [6, 6.07) is 13.8. The van der Waals surface area contributed by atoms with Crippen LogP contribution < -0.4 is 10.5 Å². The molecule has 1 heterocycles. The monoisotopic (exact) mass is 256 g/mol. The Hall–Kier alpha value is -2.03. The molecule has 0 aliphatic heterocycles. The van der Waals surface area contributed by atoms with Crippen molar-refractivity contribution in [2.24, 2.45) is 0 Å². The van der Waals surface area contributed by atoms with Gasteiger partial charge in [0.25, 0.3) is 0 Å². The maximum Gasteiger partial charge on any atom is 0.130 e. The van der Waals surface area contributed by atoms with Gasteiger partial charge in [-0.15, -0.1) is 0 Å². The molecule has 0 radical (unpaired) electrons. The number of pyridine rings is 1. The molecule has 1 aromatic carbocycles. The number of anilines is 1. The van der Waals surface area contributed by atoms with Gasteiger partial charge in [0.1, 0.15) is 18.2 Å². The molecule has 0 aliphatic carbocycles. The largest absolute Gasteiger partial charge is 0.487 e. The molecule has 0 saturated carbocycles. The normalized spacial score (nSPS) is 10.4. The molecule has 3 heteroatoms. The quantitative estimate of drug-likeness (QED) is 0.859. The maximum absolute atomic E-state index is 5.69. The molecule has 19 heavy (non-hydrogen) atoms. The highest BCUT2D eigenvalue weighted by atomic mass is 16.5. The summed E-state index contributed by atoms with van der Waals surface area (Å²) in [4.78, 5) is 4.20. The van der Waals surface area contributed by atoms with E-state index in [4.69, 9.17) is 10.5 Å². The first-order valence-electron chi connectivity index (χ1n) is 6.71. The fraction of sp³-hybridized carbons (Fsp3) is 0.312. The lowest BCUT2D eigenvalue weighted by atomic mass is 10.1. The summed E-state index contributed by atoms with van der Waals surface area (Å²) in [6.45, 7) is 2.65. The van der Waals surface area contributed by atoms with Gasteiger partial charge in [-0.1, -0.05) is 31.5 Å². The van der Waals surface area contributed by atoms with Crippen LogP contribution >= 0.6 is 0 Å². The summed E-state index contributed by atoms with van der Waals surface area (Å²) >= 11 is 0. The van der Waals surface area contributed by atoms with Crippen molar-refractivity contribution >= 4 is 5.82 Å². The molecule has 0 spiro atoms. The Balaban J connectivity index is 1.89. The van der Waals surface area contributed by atoms with E-state index < -0.39 is 0 Å². The van der Waals surface area contributed by atoms with Crippen molar-refractivity contribution in [2.45, 2.75) is 32.8 Å². The number of nitrogens with two attached hydrogens (primary N) is 1. The van der Waals surface area contributed by atoms with Crippen LogP contribution in [0.15, 0.2) is 42.5 Å². The average Bonchev–Trinajstić information content (AvgIpc) is 2.44. The van der Waals surface area contributed by atoms with Gasteiger partial charge in [0.05, 0.1) is 5.69 Å². The van der Waals surface area contributed by atoms with Gasteiger partial charge in [-0.2, -0.15) is 0 Å². The third kappa shape index (κ3) is 4.28. The zero-order valence-electron chi connectivity index (χ0n) is 11.3. The molecule has 2 aromatic rings. The van der Waals surface area contributed by atoms with E-state index in [0.29, 0.717) is 12.4 Å². The van der Waals surface area contributed by atoms with Gasteiger partial charge in [0.2, 0.25) is 0 Å². The first-order chi connectivity index (χ1) is 9.28. The lowest BCUT2D eigenvalue weighted by molar-refractivity contribution is 0.301. The highest BCUT2D eigenvalue weighted by molar-refractivity contribution is 5.30. The van der Waals surface area contributed by atoms with Gasteiger partial charge in [-0.25, -0.2) is 4.98 Å². The molecule has 0 aliphatic rings. The van der Waals surface area contributed by atoms with Crippen molar-refractivity contribution in [1.29, 1.82) is 0 Å². The molecule has 0 bridgehead atoms. The number of benzene rings is 1. The smallest absolute Gasteiger partial charge is 0.130 e. The third-order valence-corrected chi connectivity index (χ3v) is 2.96. The van der Waals surface area contributed by atoms with E-state index in [2.05, 4.69) is 24.0 Å². The van der Waals surface area contributed by atoms with Crippen molar-refractivity contribution < 1.29 is 4.74 Å². The molecule has 100 valence electrons. The zero-order chi connectivity index (χ0) is 13.5. The summed E-state index contributed by atoms with van der Waals surface area (Å²) < 4.78 is 5.69. The second kappa shape index (κ2) is 6.78. The molecule has 0 saturated heterocycles. The van der Waals surface area contributed by atoms with Gasteiger partial charge >= 0.3 is 0 Å². The topological polar surface area (TPSA) is 48.1 Å². The lowest BCUT2D eigenvalue weighted by Crippen LogP contribution is -2.00. The third-order valence-electron chi connectivity index (χ3n) is 2.96. The maximum atomic E-state index is 5.69. The summed E-state index contributed by atoms with van der Waals surface area (Å²) in [5.74, 6) is 1.39. The van der Waals surface area contributed by atoms with E-state index in [1.807, 2.05) is 24.3 Å². The number of nitrogen functional groups attached to an aromatic ring is 1. The Morgan fingerprint density at radius 2 is 1.89 bits per heavy atom. The van der Waals surface area contributed by atoms with Crippen molar-refractivity contribution in [2.75, 3.05) is 5.73 Å². The molecule has 1 aromatic heterocycles. The molecular formula is C16H20N2O. The van der Waals surface area contributed by atoms with Crippen molar-refractivity contribution in [3.05, 3.63) is 53.7 Å². The highest BCUT2D eigenvalue weighted by Crippen LogP contribution is 2.15. The Kier molecular flexibility index (Phi) is 4.78. The SMILES string of the molecule is CCCCc1ccc(OCc2cccc(N)n2)cc1. The molecule has 0 amide bonds. The van der Waals surface area contributed by atoms with Crippen LogP contribution in [0.4, 0.5) is 5.82 Å². The van der Waals surface area contributed by atoms with Crippen LogP contribution in [0.3, 0.4) is 0 Å². The predicted octanol–water partition coefficient (Wildman–Crippen LogP) is 3.59. The second-order valence-corrected chi connectivity index (χ2v) is 4.59. The van der Waals surface area contributed by atoms with Crippen LogP contribution in [0.2, 0.25) is 0 Å². The molecule has 3 nitrogen and oxygen atoms in total. The van der Waals surface area contributed by atoms with Crippen LogP contribution in [0.5, 0.6) is 5.75 Å². The second-order valence-electron chi connectivity index (χ2n) is 4.59. The Morgan fingerprint density at radius 1 is 1.11 bits per heavy atom. The van der Waals surface area contributed by atoms with Crippen LogP contribution in [0.25, 0.3) is 0 Å². The van der Waals surface area contributed by atoms with Crippen LogP contribution in [-0.2, 0) is 13.0 Å². The van der Waals surface area contributed by atoms with E-state index in [1.165, 1.54) is 18.4 Å². The van der Waals surface area contributed by atoms with Gasteiger partial charge in [-0.05, 0) is 42.7 Å². The number of rotatable bonds is 6. The number of hydrogen-bond acceptors (Lipinski definition) is 3. The standard InChI is InChI=1S/C16H20N2O/c1-2-3-5-13-8-10-15(11-9-13)19-12-14-6-4-7-16(17)18-14/h4,6-11H,2-3,5,12H2,1H3,(H2,17,18). The Bertz CT molecular complexity index is 508. The number of unbranched alkanes of at least 4 members (excludes halogenated alkanes) is 1. The Labute approximate surface area is 114 Å². The number of nitrogens with zero attached hydrogens (tertiary/aromatic N) is 1. The number of hydrogen-bond donors (Lipinski definition) is 1. The van der Waals surface area contributed by atoms with Crippen LogP contribution in [0, 0.1) is 0 Å². The van der Waals surface area contributed by atoms with Gasteiger partial charge in [0.15, 0.2) is 0 Å². The van der Waals surface area contributed by atoms with Crippen molar-refractivity contribution in [1.82, 2.24) is 4.98 Å². The molecule has 2 rings (SSSR count). The van der Waals surface area contributed by atoms with E-state index in [0.717, 1.165) is 17.9 Å². The highest BCUT2D eigenvalue weighted by Gasteiger charge is 1.99. The minimum atomic E-state index is 0.444. The van der Waals surface area contributed by atoms with Gasteiger partial charge < -0.3 is 10.5 Å². The van der Waals surface area contributed by atoms with E-state index in [-0.39, 0.29) is 0 Å². The van der Waals surface area contributed by atoms with Crippen molar-refractivity contribution in [3.63, 3.8) is 0 Å². The van der Waals surface area contributed by atoms with Gasteiger partial charge in [-0.3, -0.25) is 0 Å². The summed E-state index contributed by atoms with van der Waals surface area (Å²) in [5, 5.41) is 0. The molecule has 0 unspecified atom stereocenters. The van der Waals surface area contributed by atoms with Crippen LogP contribution in [-0.4, -0.2) is 4.98 Å². The fourth-order valence-corrected chi connectivity index (χ4v) is 1.87. The van der Waals surface area contributed by atoms with E-state index in [9.17, 15) is 0 Å². The van der Waals surface area contributed by atoms with Gasteiger partial charge in [0, 0.05) is 0 Å². The lowest BCUT2D eigenvalue weighted by Gasteiger charge is -2.07. The van der Waals surface area contributed by atoms with E-state index >= 15 is 0 Å². The molecule has 0 atom stereocenters. The molecule has 2 N–H and O–H groups in total. The summed E-state index contributed by atoms with van der Waals surface area (Å²) in [6.07, 6.45) is 3.58. The first kappa shape index (κ1) is 13.4. The number of ether oxygens (including phenoxy) is 1. The molecule has 0 fully saturated rings. The van der Waals surface area contributed by atoms with Crippen LogP contribution in [0.1, 0.15) is 31.0 Å². The summed E-state index contributed by atoms with van der Waals surface area (Å²) in [5.41, 5.74) is 7.83. The zero-order valence-corrected chi connectivity index (χ0v) is 11.3. The minimum Gasteiger partial charge on any atom is -0.487 e. The summed E-state index contributed by atoms with van der Waals surface area (Å²) in [7, 11) is 0. The van der Waals surface area contributed by atoms with Crippen molar-refractivity contribution in [3.8, 4) is 5.75 Å². The molecular weight excluding hydrogens is 236 g/mol. The number of aryl methyl sites for hydroxylation is 1. The minimum absolute atomic E-state index is 0.444. The number of aromatic nitrogens is 1.